The summed E-state index contributed by atoms with van der Waals surface area (Å²) in [5, 5.41) is 3.51. The molecule has 20 heavy (non-hydrogen) atoms. The monoisotopic (exact) mass is 298 g/mol. The van der Waals surface area contributed by atoms with Gasteiger partial charge < -0.3 is 10.2 Å². The molecule has 0 aromatic carbocycles. The number of amides is 2. The van der Waals surface area contributed by atoms with E-state index in [1.807, 2.05) is 18.7 Å². The second-order valence-corrected chi connectivity index (χ2v) is 7.50. The Bertz CT molecular complexity index is 397. The zero-order valence-corrected chi connectivity index (χ0v) is 13.8. The third-order valence-corrected chi connectivity index (χ3v) is 5.77. The first kappa shape index (κ1) is 15.7. The molecule has 0 aromatic heterocycles. The van der Waals surface area contributed by atoms with Crippen molar-refractivity contribution in [2.45, 2.75) is 63.3 Å². The predicted octanol–water partition coefficient (Wildman–Crippen LogP) is 2.03. The highest BCUT2D eigenvalue weighted by molar-refractivity contribution is 7.99. The maximum Gasteiger partial charge on any atom is 0.249 e. The van der Waals surface area contributed by atoms with Gasteiger partial charge in [0.15, 0.2) is 0 Å². The molecule has 0 spiro atoms. The number of rotatable bonds is 6. The minimum absolute atomic E-state index is 0.0262. The minimum atomic E-state index is -0.661. The largest absolute Gasteiger partial charge is 0.340 e. The van der Waals surface area contributed by atoms with Crippen LogP contribution < -0.4 is 5.32 Å². The van der Waals surface area contributed by atoms with Crippen molar-refractivity contribution in [2.75, 3.05) is 12.8 Å². The Hall–Kier alpha value is -0.710. The second kappa shape index (κ2) is 5.96. The number of nitrogens with one attached hydrogen (secondary N) is 1. The Labute approximate surface area is 126 Å². The highest BCUT2D eigenvalue weighted by atomic mass is 32.2. The summed E-state index contributed by atoms with van der Waals surface area (Å²) in [6.07, 6.45) is 5.81. The van der Waals surface area contributed by atoms with Crippen LogP contribution in [0.2, 0.25) is 0 Å². The summed E-state index contributed by atoms with van der Waals surface area (Å²) in [6.45, 7) is 6.74. The van der Waals surface area contributed by atoms with E-state index in [-0.39, 0.29) is 17.9 Å². The van der Waals surface area contributed by atoms with Crippen LogP contribution in [-0.4, -0.2) is 46.3 Å². The van der Waals surface area contributed by atoms with Crippen LogP contribution in [0, 0.1) is 5.92 Å². The van der Waals surface area contributed by atoms with Crippen molar-refractivity contribution in [2.24, 2.45) is 5.92 Å². The summed E-state index contributed by atoms with van der Waals surface area (Å²) in [7, 11) is 0. The third kappa shape index (κ3) is 2.83. The molecule has 114 valence electrons. The first-order valence-corrected chi connectivity index (χ1v) is 8.88. The van der Waals surface area contributed by atoms with Crippen LogP contribution in [0.1, 0.15) is 46.5 Å². The summed E-state index contributed by atoms with van der Waals surface area (Å²) >= 11 is 1.80. The quantitative estimate of drug-likeness (QED) is 0.816. The molecule has 5 heteroatoms. The maximum atomic E-state index is 12.8. The van der Waals surface area contributed by atoms with Gasteiger partial charge in [-0.2, -0.15) is 11.8 Å². The first-order chi connectivity index (χ1) is 9.43. The Kier molecular flexibility index (Phi) is 4.67. The molecular weight excluding hydrogens is 272 g/mol. The fourth-order valence-corrected chi connectivity index (χ4v) is 3.35. The molecular formula is C15H26N2O2S. The zero-order valence-electron chi connectivity index (χ0n) is 12.9. The standard InChI is InChI=1S/C15H26N2O2S/c1-5-12-13(18)16-15(3,11-6-7-11)14(19)17(12)9-8-10(2)20-4/h10-12H,5-9H2,1-4H3,(H,16,18). The molecule has 1 saturated heterocycles. The van der Waals surface area contributed by atoms with Gasteiger partial charge in [-0.1, -0.05) is 13.8 Å². The van der Waals surface area contributed by atoms with Crippen molar-refractivity contribution in [1.29, 1.82) is 0 Å². The Morgan fingerprint density at radius 1 is 1.45 bits per heavy atom. The number of piperazine rings is 1. The topological polar surface area (TPSA) is 49.4 Å². The van der Waals surface area contributed by atoms with Gasteiger partial charge in [0.1, 0.15) is 11.6 Å². The molecule has 2 amide bonds. The molecule has 1 saturated carbocycles. The normalized spacial score (nSPS) is 32.2. The summed E-state index contributed by atoms with van der Waals surface area (Å²) in [5.74, 6) is 0.482. The van der Waals surface area contributed by atoms with Crippen molar-refractivity contribution in [3.05, 3.63) is 0 Å². The molecule has 1 aliphatic heterocycles. The van der Waals surface area contributed by atoms with Crippen molar-refractivity contribution in [1.82, 2.24) is 10.2 Å². The Morgan fingerprint density at radius 3 is 2.60 bits per heavy atom. The lowest BCUT2D eigenvalue weighted by Gasteiger charge is -2.44. The number of nitrogens with zero attached hydrogens (tertiary/aromatic N) is 1. The molecule has 2 aliphatic rings. The molecule has 1 N–H and O–H groups in total. The van der Waals surface area contributed by atoms with E-state index in [2.05, 4.69) is 18.5 Å². The van der Waals surface area contributed by atoms with E-state index in [1.165, 1.54) is 0 Å². The van der Waals surface area contributed by atoms with Gasteiger partial charge >= 0.3 is 0 Å². The molecule has 1 aliphatic carbocycles. The molecule has 2 fully saturated rings. The van der Waals surface area contributed by atoms with Crippen molar-refractivity contribution in [3.63, 3.8) is 0 Å². The Morgan fingerprint density at radius 2 is 2.10 bits per heavy atom. The van der Waals surface area contributed by atoms with Crippen LogP contribution >= 0.6 is 11.8 Å². The van der Waals surface area contributed by atoms with E-state index in [1.54, 1.807) is 11.8 Å². The van der Waals surface area contributed by atoms with Gasteiger partial charge in [-0.3, -0.25) is 9.59 Å². The average Bonchev–Trinajstić information content (AvgIpc) is 3.25. The van der Waals surface area contributed by atoms with Crippen molar-refractivity contribution in [3.8, 4) is 0 Å². The summed E-state index contributed by atoms with van der Waals surface area (Å²) in [5.41, 5.74) is -0.661. The Balaban J connectivity index is 2.14. The van der Waals surface area contributed by atoms with Crippen LogP contribution in [0.5, 0.6) is 0 Å². The lowest BCUT2D eigenvalue weighted by molar-refractivity contribution is -0.155. The predicted molar refractivity (Wildman–Crippen MR) is 82.7 cm³/mol. The van der Waals surface area contributed by atoms with Crippen LogP contribution in [0.25, 0.3) is 0 Å². The molecule has 0 radical (unpaired) electrons. The van der Waals surface area contributed by atoms with E-state index < -0.39 is 5.54 Å². The van der Waals surface area contributed by atoms with E-state index in [4.69, 9.17) is 0 Å². The third-order valence-electron chi connectivity index (χ3n) is 4.73. The van der Waals surface area contributed by atoms with E-state index >= 15 is 0 Å². The number of carbonyl (C=O) groups excluding carboxylic acids is 2. The summed E-state index contributed by atoms with van der Waals surface area (Å²) < 4.78 is 0. The highest BCUT2D eigenvalue weighted by Gasteiger charge is 2.54. The van der Waals surface area contributed by atoms with Crippen molar-refractivity contribution < 1.29 is 9.59 Å². The first-order valence-electron chi connectivity index (χ1n) is 7.60. The summed E-state index contributed by atoms with van der Waals surface area (Å²) in [6, 6.07) is -0.289. The highest BCUT2D eigenvalue weighted by Crippen LogP contribution is 2.42. The molecule has 0 aromatic rings. The number of hydrogen-bond acceptors (Lipinski definition) is 3. The van der Waals surface area contributed by atoms with Gasteiger partial charge in [0.25, 0.3) is 0 Å². The van der Waals surface area contributed by atoms with Gasteiger partial charge in [0.05, 0.1) is 0 Å². The van der Waals surface area contributed by atoms with Crippen LogP contribution in [0.3, 0.4) is 0 Å². The molecule has 1 heterocycles. The SMILES string of the molecule is CCC1C(=O)NC(C)(C2CC2)C(=O)N1CCC(C)SC. The lowest BCUT2D eigenvalue weighted by atomic mass is 9.88. The lowest BCUT2D eigenvalue weighted by Crippen LogP contribution is -2.70. The number of hydrogen-bond donors (Lipinski definition) is 1. The molecule has 3 unspecified atom stereocenters. The van der Waals surface area contributed by atoms with Gasteiger partial charge in [0, 0.05) is 11.8 Å². The van der Waals surface area contributed by atoms with E-state index in [0.29, 0.717) is 24.1 Å². The summed E-state index contributed by atoms with van der Waals surface area (Å²) in [4.78, 5) is 27.0. The smallest absolute Gasteiger partial charge is 0.249 e. The molecule has 4 nitrogen and oxygen atoms in total. The molecule has 0 bridgehead atoms. The molecule has 2 rings (SSSR count). The van der Waals surface area contributed by atoms with E-state index in [0.717, 1.165) is 19.3 Å². The number of thioether (sulfide) groups is 1. The molecule has 3 atom stereocenters. The average molecular weight is 298 g/mol. The number of carbonyl (C=O) groups is 2. The zero-order chi connectivity index (χ0) is 14.9. The van der Waals surface area contributed by atoms with Crippen LogP contribution in [-0.2, 0) is 9.59 Å². The maximum absolute atomic E-state index is 12.8. The van der Waals surface area contributed by atoms with Gasteiger partial charge in [-0.05, 0) is 44.8 Å². The van der Waals surface area contributed by atoms with Gasteiger partial charge in [-0.25, -0.2) is 0 Å². The van der Waals surface area contributed by atoms with Gasteiger partial charge in [0.2, 0.25) is 11.8 Å². The van der Waals surface area contributed by atoms with Crippen molar-refractivity contribution >= 4 is 23.6 Å². The van der Waals surface area contributed by atoms with Crippen LogP contribution in [0.15, 0.2) is 0 Å². The minimum Gasteiger partial charge on any atom is -0.340 e. The fourth-order valence-electron chi connectivity index (χ4n) is 3.01. The van der Waals surface area contributed by atoms with E-state index in [9.17, 15) is 9.59 Å². The van der Waals surface area contributed by atoms with Gasteiger partial charge in [-0.15, -0.1) is 0 Å². The second-order valence-electron chi connectivity index (χ2n) is 6.22. The fraction of sp³-hybridized carbons (Fsp3) is 0.867. The van der Waals surface area contributed by atoms with Crippen LogP contribution in [0.4, 0.5) is 0 Å².